The van der Waals surface area contributed by atoms with Crippen molar-refractivity contribution in [2.24, 2.45) is 5.92 Å². The lowest BCUT2D eigenvalue weighted by Crippen LogP contribution is -2.31. The van der Waals surface area contributed by atoms with E-state index in [9.17, 15) is 4.79 Å². The van der Waals surface area contributed by atoms with Gasteiger partial charge in [-0.1, -0.05) is 25.1 Å². The van der Waals surface area contributed by atoms with E-state index in [1.807, 2.05) is 42.1 Å². The van der Waals surface area contributed by atoms with Crippen molar-refractivity contribution >= 4 is 16.8 Å². The molecule has 0 aliphatic carbocycles. The van der Waals surface area contributed by atoms with Crippen molar-refractivity contribution in [3.05, 3.63) is 53.5 Å². The highest BCUT2D eigenvalue weighted by atomic mass is 16.1. The first-order valence-corrected chi connectivity index (χ1v) is 8.35. The molecule has 0 saturated carbocycles. The zero-order valence-electron chi connectivity index (χ0n) is 14.5. The predicted molar refractivity (Wildman–Crippen MR) is 95.9 cm³/mol. The molecule has 5 nitrogen and oxygen atoms in total. The monoisotopic (exact) mass is 324 g/mol. The fraction of sp³-hybridized carbons (Fsp3) is 0.368. The van der Waals surface area contributed by atoms with Gasteiger partial charge in [0.25, 0.3) is 0 Å². The maximum Gasteiger partial charge on any atom is 0.224 e. The number of benzene rings is 1. The summed E-state index contributed by atoms with van der Waals surface area (Å²) in [5, 5.41) is 8.62. The molecule has 3 rings (SSSR count). The van der Waals surface area contributed by atoms with E-state index in [2.05, 4.69) is 35.3 Å². The molecule has 0 aliphatic heterocycles. The van der Waals surface area contributed by atoms with Crippen LogP contribution in [0.3, 0.4) is 0 Å². The summed E-state index contributed by atoms with van der Waals surface area (Å²) in [6, 6.07) is 10.1. The first-order valence-electron chi connectivity index (χ1n) is 8.35. The summed E-state index contributed by atoms with van der Waals surface area (Å²) >= 11 is 0. The number of hydrogen-bond donors (Lipinski definition) is 2. The highest BCUT2D eigenvalue weighted by Gasteiger charge is 2.11. The number of rotatable bonds is 6. The Hall–Kier alpha value is -2.56. The SMILES string of the molecule is Cc1cc(C)n(C[C@H](C)CNC(=O)Cc2c[nH]c3ccccc23)n1. The van der Waals surface area contributed by atoms with Crippen molar-refractivity contribution in [1.29, 1.82) is 0 Å². The van der Waals surface area contributed by atoms with Crippen LogP contribution in [0.25, 0.3) is 10.9 Å². The second kappa shape index (κ2) is 6.91. The van der Waals surface area contributed by atoms with Gasteiger partial charge in [0.2, 0.25) is 5.91 Å². The van der Waals surface area contributed by atoms with E-state index < -0.39 is 0 Å². The van der Waals surface area contributed by atoms with Crippen molar-refractivity contribution in [1.82, 2.24) is 20.1 Å². The smallest absolute Gasteiger partial charge is 0.224 e. The zero-order chi connectivity index (χ0) is 17.1. The van der Waals surface area contributed by atoms with E-state index >= 15 is 0 Å². The summed E-state index contributed by atoms with van der Waals surface area (Å²) < 4.78 is 2.01. The lowest BCUT2D eigenvalue weighted by Gasteiger charge is -2.14. The van der Waals surface area contributed by atoms with Crippen LogP contribution in [-0.2, 0) is 17.8 Å². The van der Waals surface area contributed by atoms with Gasteiger partial charge in [-0.15, -0.1) is 0 Å². The molecule has 1 atom stereocenters. The molecule has 1 amide bonds. The number of nitrogens with one attached hydrogen (secondary N) is 2. The Morgan fingerprint density at radius 3 is 2.88 bits per heavy atom. The van der Waals surface area contributed by atoms with Crippen molar-refractivity contribution < 1.29 is 4.79 Å². The second-order valence-corrected chi connectivity index (χ2v) is 6.55. The van der Waals surface area contributed by atoms with E-state index in [4.69, 9.17) is 0 Å². The fourth-order valence-electron chi connectivity index (χ4n) is 3.02. The largest absolute Gasteiger partial charge is 0.361 e. The Morgan fingerprint density at radius 2 is 2.12 bits per heavy atom. The highest BCUT2D eigenvalue weighted by molar-refractivity contribution is 5.88. The summed E-state index contributed by atoms with van der Waals surface area (Å²) in [5.74, 6) is 0.384. The average Bonchev–Trinajstić information content (AvgIpc) is 3.09. The third kappa shape index (κ3) is 3.67. The molecule has 0 fully saturated rings. The summed E-state index contributed by atoms with van der Waals surface area (Å²) in [7, 11) is 0. The third-order valence-corrected chi connectivity index (χ3v) is 4.26. The molecule has 0 unspecified atom stereocenters. The number of para-hydroxylation sites is 1. The zero-order valence-corrected chi connectivity index (χ0v) is 14.5. The van der Waals surface area contributed by atoms with Gasteiger partial charge >= 0.3 is 0 Å². The van der Waals surface area contributed by atoms with Gasteiger partial charge in [-0.25, -0.2) is 0 Å². The molecule has 0 saturated heterocycles. The molecule has 24 heavy (non-hydrogen) atoms. The third-order valence-electron chi connectivity index (χ3n) is 4.26. The van der Waals surface area contributed by atoms with Crippen LogP contribution in [0.15, 0.2) is 36.5 Å². The molecule has 3 aromatic rings. The molecule has 2 N–H and O–H groups in total. The summed E-state index contributed by atoms with van der Waals surface area (Å²) in [5.41, 5.74) is 4.29. The molecule has 5 heteroatoms. The van der Waals surface area contributed by atoms with Gasteiger partial charge < -0.3 is 10.3 Å². The normalized spacial score (nSPS) is 12.5. The van der Waals surface area contributed by atoms with Crippen LogP contribution in [0.2, 0.25) is 0 Å². The topological polar surface area (TPSA) is 62.7 Å². The Labute approximate surface area is 142 Å². The van der Waals surface area contributed by atoms with Crippen LogP contribution in [0, 0.1) is 19.8 Å². The van der Waals surface area contributed by atoms with Crippen LogP contribution < -0.4 is 5.32 Å². The summed E-state index contributed by atoms with van der Waals surface area (Å²) in [6.07, 6.45) is 2.32. The molecule has 2 heterocycles. The Morgan fingerprint density at radius 1 is 1.33 bits per heavy atom. The van der Waals surface area contributed by atoms with Crippen molar-refractivity contribution in [3.8, 4) is 0 Å². The Balaban J connectivity index is 1.53. The van der Waals surface area contributed by atoms with Gasteiger partial charge in [0.05, 0.1) is 12.1 Å². The van der Waals surface area contributed by atoms with Gasteiger partial charge in [-0.3, -0.25) is 9.48 Å². The first kappa shape index (κ1) is 16.3. The fourth-order valence-corrected chi connectivity index (χ4v) is 3.02. The molecular formula is C19H24N4O. The number of nitrogens with zero attached hydrogens (tertiary/aromatic N) is 2. The quantitative estimate of drug-likeness (QED) is 0.732. The van der Waals surface area contributed by atoms with Crippen LogP contribution in [0.4, 0.5) is 0 Å². The number of aromatic nitrogens is 3. The number of hydrogen-bond acceptors (Lipinski definition) is 2. The molecular weight excluding hydrogens is 300 g/mol. The predicted octanol–water partition coefficient (Wildman–Crippen LogP) is 2.98. The molecule has 2 aromatic heterocycles. The van der Waals surface area contributed by atoms with Gasteiger partial charge in [0.1, 0.15) is 0 Å². The van der Waals surface area contributed by atoms with Crippen molar-refractivity contribution in [3.63, 3.8) is 0 Å². The minimum atomic E-state index is 0.0555. The maximum absolute atomic E-state index is 12.2. The number of aromatic amines is 1. The molecule has 126 valence electrons. The standard InChI is InChI=1S/C19H24N4O/c1-13(12-23-15(3)8-14(2)22-23)10-21-19(24)9-16-11-20-18-7-5-4-6-17(16)18/h4-8,11,13,20H,9-10,12H2,1-3H3,(H,21,24)/t13-/m1/s1. The number of aryl methyl sites for hydroxylation is 2. The number of H-pyrrole nitrogens is 1. The van der Waals surface area contributed by atoms with E-state index in [1.54, 1.807) is 0 Å². The highest BCUT2D eigenvalue weighted by Crippen LogP contribution is 2.18. The van der Waals surface area contributed by atoms with Crippen molar-refractivity contribution in [2.45, 2.75) is 33.7 Å². The lowest BCUT2D eigenvalue weighted by molar-refractivity contribution is -0.120. The maximum atomic E-state index is 12.2. The number of amides is 1. The van der Waals surface area contributed by atoms with Crippen LogP contribution in [0.1, 0.15) is 23.9 Å². The van der Waals surface area contributed by atoms with Gasteiger partial charge in [0.15, 0.2) is 0 Å². The van der Waals surface area contributed by atoms with E-state index in [-0.39, 0.29) is 5.91 Å². The van der Waals surface area contributed by atoms with Gasteiger partial charge in [-0.05, 0) is 37.5 Å². The first-order chi connectivity index (χ1) is 11.5. The summed E-state index contributed by atoms with van der Waals surface area (Å²) in [6.45, 7) is 7.65. The molecule has 0 aliphatic rings. The Bertz CT molecular complexity index is 846. The second-order valence-electron chi connectivity index (χ2n) is 6.55. The average molecular weight is 324 g/mol. The minimum absolute atomic E-state index is 0.0555. The van der Waals surface area contributed by atoms with Gasteiger partial charge in [-0.2, -0.15) is 5.10 Å². The molecule has 0 spiro atoms. The van der Waals surface area contributed by atoms with E-state index in [0.29, 0.717) is 18.9 Å². The van der Waals surface area contributed by atoms with E-state index in [1.165, 1.54) is 0 Å². The summed E-state index contributed by atoms with van der Waals surface area (Å²) in [4.78, 5) is 15.4. The van der Waals surface area contributed by atoms with Gasteiger partial charge in [0, 0.05) is 35.9 Å². The number of fused-ring (bicyclic) bond motifs is 1. The number of carbonyl (C=O) groups excluding carboxylic acids is 1. The minimum Gasteiger partial charge on any atom is -0.361 e. The van der Waals surface area contributed by atoms with Crippen LogP contribution in [0.5, 0.6) is 0 Å². The lowest BCUT2D eigenvalue weighted by atomic mass is 10.1. The molecule has 0 radical (unpaired) electrons. The van der Waals surface area contributed by atoms with Crippen molar-refractivity contribution in [2.75, 3.05) is 6.54 Å². The van der Waals surface area contributed by atoms with Crippen LogP contribution >= 0.6 is 0 Å². The Kier molecular flexibility index (Phi) is 4.69. The number of carbonyl (C=O) groups is 1. The van der Waals surface area contributed by atoms with E-state index in [0.717, 1.165) is 34.4 Å². The van der Waals surface area contributed by atoms with Crippen LogP contribution in [-0.4, -0.2) is 27.2 Å². The molecule has 0 bridgehead atoms. The molecule has 1 aromatic carbocycles.